The maximum Gasteiger partial charge on any atom is 0.317 e. The van der Waals surface area contributed by atoms with E-state index < -0.39 is 6.03 Å². The summed E-state index contributed by atoms with van der Waals surface area (Å²) >= 11 is 0. The van der Waals surface area contributed by atoms with Crippen molar-refractivity contribution in [1.29, 1.82) is 0 Å². The van der Waals surface area contributed by atoms with Gasteiger partial charge in [-0.25, -0.2) is 19.4 Å². The Morgan fingerprint density at radius 3 is 2.42 bits per heavy atom. The van der Waals surface area contributed by atoms with Gasteiger partial charge in [0, 0.05) is 28.9 Å². The van der Waals surface area contributed by atoms with E-state index in [1.54, 1.807) is 17.1 Å². The number of aromatic nitrogens is 4. The summed E-state index contributed by atoms with van der Waals surface area (Å²) in [6.07, 6.45) is 6.37. The van der Waals surface area contributed by atoms with E-state index in [0.29, 0.717) is 17.1 Å². The Morgan fingerprint density at radius 2 is 1.78 bits per heavy atom. The predicted molar refractivity (Wildman–Crippen MR) is 136 cm³/mol. The molecule has 1 unspecified atom stereocenters. The van der Waals surface area contributed by atoms with Crippen LogP contribution in [-0.2, 0) is 11.8 Å². The SMILES string of the molecule is COc1ncc(-c2nn(-c3ccccc3)c(NC(N)=O)c2C)cn1.OC1Cc2ccccc2C12CC2. The number of carbonyl (C=O) groups excluding carboxylic acids is 1. The summed E-state index contributed by atoms with van der Waals surface area (Å²) in [6.45, 7) is 1.84. The van der Waals surface area contributed by atoms with E-state index in [2.05, 4.69) is 44.6 Å². The highest BCUT2D eigenvalue weighted by Gasteiger charge is 2.54. The monoisotopic (exact) mass is 484 g/mol. The van der Waals surface area contributed by atoms with Crippen LogP contribution in [0, 0.1) is 6.92 Å². The van der Waals surface area contributed by atoms with Crippen molar-refractivity contribution in [2.24, 2.45) is 5.73 Å². The van der Waals surface area contributed by atoms with Crippen LogP contribution in [-0.4, -0.2) is 44.1 Å². The molecule has 184 valence electrons. The summed E-state index contributed by atoms with van der Waals surface area (Å²) < 4.78 is 6.59. The lowest BCUT2D eigenvalue weighted by molar-refractivity contribution is 0.146. The average Bonchev–Trinajstić information content (AvgIpc) is 3.58. The first-order chi connectivity index (χ1) is 17.4. The molecule has 2 amide bonds. The highest BCUT2D eigenvalue weighted by atomic mass is 16.5. The number of methoxy groups -OCH3 is 1. The summed E-state index contributed by atoms with van der Waals surface area (Å²) in [5.41, 5.74) is 11.2. The Kier molecular flexibility index (Phi) is 6.15. The minimum absolute atomic E-state index is 0.102. The normalized spacial score (nSPS) is 16.6. The summed E-state index contributed by atoms with van der Waals surface area (Å²) in [7, 11) is 1.50. The van der Waals surface area contributed by atoms with Crippen LogP contribution in [0.15, 0.2) is 67.0 Å². The number of rotatable bonds is 4. The van der Waals surface area contributed by atoms with Crippen LogP contribution in [0.3, 0.4) is 0 Å². The topological polar surface area (TPSA) is 128 Å². The molecule has 0 saturated heterocycles. The third-order valence-corrected chi connectivity index (χ3v) is 6.84. The number of nitrogens with two attached hydrogens (primary N) is 1. The van der Waals surface area contributed by atoms with Crippen LogP contribution < -0.4 is 15.8 Å². The molecule has 9 nitrogen and oxygen atoms in total. The lowest BCUT2D eigenvalue weighted by atomic mass is 9.97. The van der Waals surface area contributed by atoms with Crippen LogP contribution in [0.25, 0.3) is 16.9 Å². The Balaban J connectivity index is 0.000000183. The molecule has 1 fully saturated rings. The minimum atomic E-state index is -0.660. The van der Waals surface area contributed by atoms with Gasteiger partial charge in [0.2, 0.25) is 0 Å². The van der Waals surface area contributed by atoms with E-state index in [1.165, 1.54) is 31.1 Å². The number of benzene rings is 2. The highest BCUT2D eigenvalue weighted by Crippen LogP contribution is 2.56. The van der Waals surface area contributed by atoms with Crippen molar-refractivity contribution in [3.8, 4) is 23.0 Å². The zero-order chi connectivity index (χ0) is 25.3. The highest BCUT2D eigenvalue weighted by molar-refractivity contribution is 5.89. The second-order valence-corrected chi connectivity index (χ2v) is 9.05. The number of fused-ring (bicyclic) bond motifs is 2. The zero-order valence-electron chi connectivity index (χ0n) is 20.2. The lowest BCUT2D eigenvalue weighted by Crippen LogP contribution is -2.21. The van der Waals surface area contributed by atoms with Gasteiger partial charge in [-0.15, -0.1) is 0 Å². The van der Waals surface area contributed by atoms with E-state index in [1.807, 2.05) is 37.3 Å². The van der Waals surface area contributed by atoms with Gasteiger partial charge in [0.05, 0.1) is 18.9 Å². The average molecular weight is 485 g/mol. The number of nitrogens with zero attached hydrogens (tertiary/aromatic N) is 4. The van der Waals surface area contributed by atoms with E-state index >= 15 is 0 Å². The van der Waals surface area contributed by atoms with E-state index in [9.17, 15) is 9.90 Å². The number of aliphatic hydroxyl groups excluding tert-OH is 1. The second kappa shape index (κ2) is 9.43. The number of ether oxygens (including phenoxy) is 1. The summed E-state index contributed by atoms with van der Waals surface area (Å²) in [4.78, 5) is 19.5. The number of urea groups is 1. The molecule has 2 heterocycles. The van der Waals surface area contributed by atoms with Gasteiger partial charge >= 0.3 is 12.0 Å². The number of amides is 2. The van der Waals surface area contributed by atoms with Crippen molar-refractivity contribution in [2.45, 2.75) is 37.7 Å². The Labute approximate surface area is 209 Å². The number of anilines is 1. The molecule has 2 aromatic carbocycles. The lowest BCUT2D eigenvalue weighted by Gasteiger charge is -2.12. The van der Waals surface area contributed by atoms with Crippen molar-refractivity contribution < 1.29 is 14.6 Å². The van der Waals surface area contributed by atoms with Crippen LogP contribution in [0.5, 0.6) is 6.01 Å². The fourth-order valence-corrected chi connectivity index (χ4v) is 4.84. The molecule has 0 bridgehead atoms. The van der Waals surface area contributed by atoms with Crippen LogP contribution in [0.1, 0.15) is 29.5 Å². The Hall–Kier alpha value is -4.24. The first-order valence-electron chi connectivity index (χ1n) is 11.8. The molecule has 6 rings (SSSR count). The van der Waals surface area contributed by atoms with Gasteiger partial charge in [0.15, 0.2) is 0 Å². The quantitative estimate of drug-likeness (QED) is 0.405. The largest absolute Gasteiger partial charge is 0.467 e. The third-order valence-electron chi connectivity index (χ3n) is 6.84. The fraction of sp³-hybridized carbons (Fsp3) is 0.259. The molecule has 36 heavy (non-hydrogen) atoms. The minimum Gasteiger partial charge on any atom is -0.467 e. The molecule has 1 atom stereocenters. The van der Waals surface area contributed by atoms with Gasteiger partial charge in [-0.2, -0.15) is 5.10 Å². The first-order valence-corrected chi connectivity index (χ1v) is 11.8. The molecule has 1 saturated carbocycles. The molecule has 2 aliphatic rings. The number of para-hydroxylation sites is 1. The Bertz CT molecular complexity index is 1380. The van der Waals surface area contributed by atoms with Crippen molar-refractivity contribution in [1.82, 2.24) is 19.7 Å². The van der Waals surface area contributed by atoms with Gasteiger partial charge in [-0.05, 0) is 49.4 Å². The van der Waals surface area contributed by atoms with Gasteiger partial charge in [-0.1, -0.05) is 42.5 Å². The molecule has 1 spiro atoms. The first kappa shape index (κ1) is 23.5. The molecular formula is C27H28N6O3. The maximum atomic E-state index is 11.4. The molecule has 2 aromatic heterocycles. The molecule has 2 aliphatic carbocycles. The van der Waals surface area contributed by atoms with Crippen LogP contribution in [0.4, 0.5) is 10.6 Å². The van der Waals surface area contributed by atoms with Crippen molar-refractivity contribution in [3.63, 3.8) is 0 Å². The number of nitrogens with one attached hydrogen (secondary N) is 1. The van der Waals surface area contributed by atoms with Crippen molar-refractivity contribution >= 4 is 11.8 Å². The number of primary amides is 1. The van der Waals surface area contributed by atoms with Gasteiger partial charge in [-0.3, -0.25) is 5.32 Å². The number of carbonyl (C=O) groups is 1. The Morgan fingerprint density at radius 1 is 1.11 bits per heavy atom. The number of hydrogen-bond acceptors (Lipinski definition) is 6. The third kappa shape index (κ3) is 4.29. The molecule has 4 aromatic rings. The summed E-state index contributed by atoms with van der Waals surface area (Å²) in [6, 6.07) is 17.5. The van der Waals surface area contributed by atoms with E-state index in [0.717, 1.165) is 17.7 Å². The zero-order valence-corrected chi connectivity index (χ0v) is 20.2. The van der Waals surface area contributed by atoms with Crippen molar-refractivity contribution in [2.75, 3.05) is 12.4 Å². The van der Waals surface area contributed by atoms with Crippen LogP contribution in [0.2, 0.25) is 0 Å². The summed E-state index contributed by atoms with van der Waals surface area (Å²) in [5.74, 6) is 0.500. The molecule has 9 heteroatoms. The molecular weight excluding hydrogens is 456 g/mol. The summed E-state index contributed by atoms with van der Waals surface area (Å²) in [5, 5.41) is 17.1. The second-order valence-electron chi connectivity index (χ2n) is 9.05. The number of hydrogen-bond donors (Lipinski definition) is 3. The standard InChI is InChI=1S/C16H16N6O2.C11H12O/c1-10-13(11-8-18-16(24-2)19-9-11)21-22(14(10)20-15(17)23)12-6-4-3-5-7-12;12-10-7-8-3-1-2-4-9(8)11(10)5-6-11/h3-9H,1-2H3,(H3,17,20,23);1-4,10,12H,5-7H2. The van der Waals surface area contributed by atoms with Gasteiger partial charge in [0.25, 0.3) is 0 Å². The van der Waals surface area contributed by atoms with Crippen molar-refractivity contribution in [3.05, 3.63) is 83.7 Å². The molecule has 4 N–H and O–H groups in total. The fourth-order valence-electron chi connectivity index (χ4n) is 4.84. The number of aliphatic hydroxyl groups is 1. The van der Waals surface area contributed by atoms with E-state index in [-0.39, 0.29) is 17.5 Å². The smallest absolute Gasteiger partial charge is 0.317 e. The van der Waals surface area contributed by atoms with Gasteiger partial charge < -0.3 is 15.6 Å². The van der Waals surface area contributed by atoms with Gasteiger partial charge in [0.1, 0.15) is 11.5 Å². The maximum absolute atomic E-state index is 11.4. The van der Waals surface area contributed by atoms with Crippen LogP contribution >= 0.6 is 0 Å². The predicted octanol–water partition coefficient (Wildman–Crippen LogP) is 3.77. The molecule has 0 radical (unpaired) electrons. The van der Waals surface area contributed by atoms with E-state index in [4.69, 9.17) is 10.5 Å². The molecule has 0 aliphatic heterocycles.